The zero-order valence-corrected chi connectivity index (χ0v) is 12.4. The monoisotopic (exact) mass is 295 g/mol. The highest BCUT2D eigenvalue weighted by atomic mass is 32.2. The molecule has 20 heavy (non-hydrogen) atoms. The number of benzene rings is 1. The quantitative estimate of drug-likeness (QED) is 0.799. The van der Waals surface area contributed by atoms with E-state index in [9.17, 15) is 8.42 Å². The smallest absolute Gasteiger partial charge is 0.241 e. The highest BCUT2D eigenvalue weighted by Gasteiger charge is 2.16. The second kappa shape index (κ2) is 5.22. The minimum absolute atomic E-state index is 0.0377. The first kappa shape index (κ1) is 14.5. The number of rotatable bonds is 4. The maximum absolute atomic E-state index is 12.2. The van der Waals surface area contributed by atoms with E-state index in [0.29, 0.717) is 11.5 Å². The van der Waals surface area contributed by atoms with Gasteiger partial charge in [0.2, 0.25) is 10.0 Å². The highest BCUT2D eigenvalue weighted by Crippen LogP contribution is 2.21. The van der Waals surface area contributed by atoms with E-state index in [-0.39, 0.29) is 11.4 Å². The molecule has 2 aromatic rings. The number of sulfonamides is 1. The Hall–Kier alpha value is -1.93. The molecule has 0 bridgehead atoms. The summed E-state index contributed by atoms with van der Waals surface area (Å²) in [7, 11) is -1.91. The van der Waals surface area contributed by atoms with Crippen molar-refractivity contribution in [1.29, 1.82) is 0 Å². The van der Waals surface area contributed by atoms with Crippen LogP contribution in [0.3, 0.4) is 0 Å². The minimum atomic E-state index is -3.63. The number of hydrogen-bond acceptors (Lipinski definition) is 5. The summed E-state index contributed by atoms with van der Waals surface area (Å²) in [5, 5.41) is 4.01. The molecule has 0 atom stereocenters. The first-order valence-corrected chi connectivity index (χ1v) is 7.49. The van der Waals surface area contributed by atoms with Crippen LogP contribution >= 0.6 is 0 Å². The lowest BCUT2D eigenvalue weighted by Crippen LogP contribution is -2.24. The van der Waals surface area contributed by atoms with Gasteiger partial charge in [-0.25, -0.2) is 18.1 Å². The molecular formula is C12H17N5O2S. The molecule has 0 unspecified atom stereocenters. The summed E-state index contributed by atoms with van der Waals surface area (Å²) >= 11 is 0. The van der Waals surface area contributed by atoms with Crippen molar-refractivity contribution in [1.82, 2.24) is 19.5 Å². The van der Waals surface area contributed by atoms with Crippen molar-refractivity contribution in [3.8, 4) is 0 Å². The van der Waals surface area contributed by atoms with E-state index < -0.39 is 10.0 Å². The number of aromatic nitrogens is 3. The van der Waals surface area contributed by atoms with Crippen LogP contribution in [0.4, 0.5) is 5.69 Å². The van der Waals surface area contributed by atoms with Gasteiger partial charge in [-0.05, 0) is 37.1 Å². The van der Waals surface area contributed by atoms with Crippen LogP contribution in [-0.2, 0) is 23.6 Å². The summed E-state index contributed by atoms with van der Waals surface area (Å²) in [6.45, 7) is 3.72. The Bertz CT molecular complexity index is 713. The van der Waals surface area contributed by atoms with Gasteiger partial charge >= 0.3 is 0 Å². The summed E-state index contributed by atoms with van der Waals surface area (Å²) in [5.74, 6) is 0.410. The van der Waals surface area contributed by atoms with E-state index in [1.165, 1.54) is 17.1 Å². The third-order valence-corrected chi connectivity index (χ3v) is 4.44. The van der Waals surface area contributed by atoms with Crippen LogP contribution in [0.1, 0.15) is 17.0 Å². The van der Waals surface area contributed by atoms with Gasteiger partial charge in [0.05, 0.1) is 11.4 Å². The van der Waals surface area contributed by atoms with Crippen molar-refractivity contribution in [3.63, 3.8) is 0 Å². The second-order valence-corrected chi connectivity index (χ2v) is 6.38. The fourth-order valence-electron chi connectivity index (χ4n) is 1.72. The molecule has 0 amide bonds. The van der Waals surface area contributed by atoms with Crippen LogP contribution in [0.25, 0.3) is 0 Å². The van der Waals surface area contributed by atoms with Gasteiger partial charge in [0.25, 0.3) is 0 Å². The standard InChI is InChI=1S/C12H17N5O2S/c1-8-4-10(5-11(13)9(8)2)20(18,19)15-6-12-14-7-17(3)16-12/h4-5,7,15H,6,13H2,1-3H3. The van der Waals surface area contributed by atoms with E-state index in [1.54, 1.807) is 13.1 Å². The molecule has 0 aliphatic heterocycles. The van der Waals surface area contributed by atoms with Crippen molar-refractivity contribution < 1.29 is 8.42 Å². The average molecular weight is 295 g/mol. The zero-order chi connectivity index (χ0) is 14.9. The van der Waals surface area contributed by atoms with Gasteiger partial charge < -0.3 is 5.73 Å². The van der Waals surface area contributed by atoms with Crippen molar-refractivity contribution in [2.75, 3.05) is 5.73 Å². The number of nitrogens with two attached hydrogens (primary N) is 1. The molecule has 0 saturated heterocycles. The third kappa shape index (κ3) is 2.97. The fourth-order valence-corrected chi connectivity index (χ4v) is 2.82. The van der Waals surface area contributed by atoms with Gasteiger partial charge in [-0.15, -0.1) is 0 Å². The number of aryl methyl sites for hydroxylation is 2. The molecule has 2 rings (SSSR count). The molecule has 7 nitrogen and oxygen atoms in total. The lowest BCUT2D eigenvalue weighted by Gasteiger charge is -2.10. The lowest BCUT2D eigenvalue weighted by molar-refractivity contribution is 0.578. The van der Waals surface area contributed by atoms with Crippen LogP contribution in [0.2, 0.25) is 0 Å². The predicted octanol–water partition coefficient (Wildman–Crippen LogP) is 0.493. The van der Waals surface area contributed by atoms with E-state index in [0.717, 1.165) is 11.1 Å². The van der Waals surface area contributed by atoms with Gasteiger partial charge in [0.1, 0.15) is 6.33 Å². The Morgan fingerprint density at radius 3 is 2.60 bits per heavy atom. The Kier molecular flexibility index (Phi) is 3.78. The van der Waals surface area contributed by atoms with E-state index in [2.05, 4.69) is 14.8 Å². The van der Waals surface area contributed by atoms with Crippen LogP contribution in [0.15, 0.2) is 23.4 Å². The Labute approximate surface area is 117 Å². The van der Waals surface area contributed by atoms with E-state index in [4.69, 9.17) is 5.73 Å². The average Bonchev–Trinajstić information content (AvgIpc) is 2.79. The molecule has 0 fully saturated rings. The van der Waals surface area contributed by atoms with Crippen LogP contribution < -0.4 is 10.5 Å². The number of nitrogens with zero attached hydrogens (tertiary/aromatic N) is 3. The minimum Gasteiger partial charge on any atom is -0.398 e. The Morgan fingerprint density at radius 1 is 1.35 bits per heavy atom. The lowest BCUT2D eigenvalue weighted by atomic mass is 10.1. The number of nitrogens with one attached hydrogen (secondary N) is 1. The van der Waals surface area contributed by atoms with Gasteiger partial charge in [0.15, 0.2) is 5.82 Å². The van der Waals surface area contributed by atoms with Crippen molar-refractivity contribution in [2.24, 2.45) is 7.05 Å². The topological polar surface area (TPSA) is 103 Å². The molecule has 1 aromatic carbocycles. The SMILES string of the molecule is Cc1cc(S(=O)(=O)NCc2ncn(C)n2)cc(N)c1C. The summed E-state index contributed by atoms with van der Waals surface area (Å²) in [6, 6.07) is 3.05. The normalized spacial score (nSPS) is 11.8. The fraction of sp³-hybridized carbons (Fsp3) is 0.333. The van der Waals surface area contributed by atoms with Gasteiger partial charge in [-0.2, -0.15) is 5.10 Å². The van der Waals surface area contributed by atoms with Crippen molar-refractivity contribution >= 4 is 15.7 Å². The molecule has 1 aromatic heterocycles. The van der Waals surface area contributed by atoms with Crippen LogP contribution in [0, 0.1) is 13.8 Å². The summed E-state index contributed by atoms with van der Waals surface area (Å²) in [4.78, 5) is 4.11. The molecule has 0 radical (unpaired) electrons. The molecule has 8 heteroatoms. The van der Waals surface area contributed by atoms with E-state index in [1.807, 2.05) is 13.8 Å². The zero-order valence-electron chi connectivity index (χ0n) is 11.6. The Balaban J connectivity index is 2.22. The molecule has 0 saturated carbocycles. The summed E-state index contributed by atoms with van der Waals surface area (Å²) in [6.07, 6.45) is 1.51. The summed E-state index contributed by atoms with van der Waals surface area (Å²) in [5.41, 5.74) is 7.99. The van der Waals surface area contributed by atoms with Gasteiger partial charge in [-0.3, -0.25) is 4.68 Å². The maximum atomic E-state index is 12.2. The summed E-state index contributed by atoms with van der Waals surface area (Å²) < 4.78 is 28.4. The second-order valence-electron chi connectivity index (χ2n) is 4.61. The van der Waals surface area contributed by atoms with E-state index >= 15 is 0 Å². The Morgan fingerprint density at radius 2 is 2.05 bits per heavy atom. The third-order valence-electron chi connectivity index (χ3n) is 3.06. The van der Waals surface area contributed by atoms with Crippen LogP contribution in [0.5, 0.6) is 0 Å². The highest BCUT2D eigenvalue weighted by molar-refractivity contribution is 7.89. The number of anilines is 1. The number of nitrogen functional groups attached to an aromatic ring is 1. The van der Waals surface area contributed by atoms with Crippen molar-refractivity contribution in [3.05, 3.63) is 35.4 Å². The molecule has 1 heterocycles. The molecule has 3 N–H and O–H groups in total. The largest absolute Gasteiger partial charge is 0.398 e. The molecule has 0 aliphatic rings. The predicted molar refractivity (Wildman–Crippen MR) is 75.4 cm³/mol. The van der Waals surface area contributed by atoms with Gasteiger partial charge in [-0.1, -0.05) is 0 Å². The maximum Gasteiger partial charge on any atom is 0.241 e. The molecule has 108 valence electrons. The first-order valence-electron chi connectivity index (χ1n) is 6.00. The van der Waals surface area contributed by atoms with Gasteiger partial charge in [0, 0.05) is 12.7 Å². The molecule has 0 spiro atoms. The molecule has 0 aliphatic carbocycles. The van der Waals surface area contributed by atoms with Crippen LogP contribution in [-0.4, -0.2) is 23.2 Å². The molecular weight excluding hydrogens is 278 g/mol. The first-order chi connectivity index (χ1) is 9.29. The number of hydrogen-bond donors (Lipinski definition) is 2. The van der Waals surface area contributed by atoms with Crippen molar-refractivity contribution in [2.45, 2.75) is 25.3 Å².